The van der Waals surface area contributed by atoms with Gasteiger partial charge >= 0.3 is 0 Å². The van der Waals surface area contributed by atoms with Crippen LogP contribution in [0, 0.1) is 0 Å². The summed E-state index contributed by atoms with van der Waals surface area (Å²) in [7, 11) is 0. The molecule has 25 heavy (non-hydrogen) atoms. The molecular formula is C16H16BrN7O. The molecule has 0 saturated heterocycles. The van der Waals surface area contributed by atoms with Gasteiger partial charge in [-0.2, -0.15) is 19.6 Å². The van der Waals surface area contributed by atoms with Crippen LogP contribution in [-0.2, 0) is 4.79 Å². The van der Waals surface area contributed by atoms with Gasteiger partial charge in [-0.05, 0) is 47.0 Å². The molecule has 128 valence electrons. The Balaban J connectivity index is 1.66. The summed E-state index contributed by atoms with van der Waals surface area (Å²) in [4.78, 5) is 20.3. The van der Waals surface area contributed by atoms with Gasteiger partial charge < -0.3 is 16.0 Å². The van der Waals surface area contributed by atoms with Crippen molar-refractivity contribution in [2.24, 2.45) is 0 Å². The van der Waals surface area contributed by atoms with E-state index in [9.17, 15) is 4.79 Å². The van der Waals surface area contributed by atoms with Crippen LogP contribution in [0.1, 0.15) is 19.8 Å². The monoisotopic (exact) mass is 401 g/mol. The number of benzene rings is 1. The highest BCUT2D eigenvalue weighted by Gasteiger charge is 2.23. The normalized spacial score (nSPS) is 13.7. The number of carbonyl (C=O) groups is 1. The lowest BCUT2D eigenvalue weighted by atomic mass is 10.3. The number of nitrogens with zero attached hydrogens (tertiary/aromatic N) is 4. The highest BCUT2D eigenvalue weighted by atomic mass is 79.9. The molecule has 0 aliphatic heterocycles. The van der Waals surface area contributed by atoms with E-state index in [0.29, 0.717) is 29.3 Å². The maximum atomic E-state index is 11.2. The summed E-state index contributed by atoms with van der Waals surface area (Å²) in [5, 5.41) is 13.6. The van der Waals surface area contributed by atoms with E-state index in [0.717, 1.165) is 23.0 Å². The second-order valence-electron chi connectivity index (χ2n) is 5.90. The summed E-state index contributed by atoms with van der Waals surface area (Å²) in [6.07, 6.45) is 3.97. The van der Waals surface area contributed by atoms with Crippen molar-refractivity contribution in [3.05, 3.63) is 34.9 Å². The van der Waals surface area contributed by atoms with Crippen molar-refractivity contribution < 1.29 is 4.79 Å². The first-order valence-electron chi connectivity index (χ1n) is 7.91. The molecule has 3 N–H and O–H groups in total. The number of rotatable bonds is 5. The zero-order chi connectivity index (χ0) is 17.4. The minimum atomic E-state index is -0.117. The van der Waals surface area contributed by atoms with Crippen LogP contribution in [0.25, 0.3) is 5.65 Å². The van der Waals surface area contributed by atoms with E-state index in [1.807, 2.05) is 24.3 Å². The fraction of sp³-hybridized carbons (Fsp3) is 0.250. The number of aromatic nitrogens is 4. The van der Waals surface area contributed by atoms with E-state index >= 15 is 0 Å². The molecule has 1 fully saturated rings. The van der Waals surface area contributed by atoms with E-state index in [1.54, 1.807) is 10.7 Å². The smallest absolute Gasteiger partial charge is 0.232 e. The molecule has 0 radical (unpaired) electrons. The first-order valence-corrected chi connectivity index (χ1v) is 8.70. The van der Waals surface area contributed by atoms with E-state index < -0.39 is 0 Å². The number of nitrogens with one attached hydrogen (secondary N) is 3. The highest BCUT2D eigenvalue weighted by Crippen LogP contribution is 2.27. The Hall–Kier alpha value is -2.68. The molecular weight excluding hydrogens is 386 g/mol. The summed E-state index contributed by atoms with van der Waals surface area (Å²) < 4.78 is 2.48. The quantitative estimate of drug-likeness (QED) is 0.607. The van der Waals surface area contributed by atoms with Gasteiger partial charge in [0.05, 0.1) is 10.7 Å². The number of hydrogen-bond acceptors (Lipinski definition) is 6. The number of halogens is 1. The van der Waals surface area contributed by atoms with Crippen molar-refractivity contribution in [1.29, 1.82) is 0 Å². The molecule has 1 aliphatic rings. The molecule has 0 atom stereocenters. The summed E-state index contributed by atoms with van der Waals surface area (Å²) in [6, 6.07) is 7.83. The zero-order valence-electron chi connectivity index (χ0n) is 13.5. The van der Waals surface area contributed by atoms with E-state index in [-0.39, 0.29) is 5.91 Å². The third-order valence-corrected chi connectivity index (χ3v) is 4.23. The third kappa shape index (κ3) is 3.55. The lowest BCUT2D eigenvalue weighted by Gasteiger charge is -2.11. The average Bonchev–Trinajstić information content (AvgIpc) is 3.29. The van der Waals surface area contributed by atoms with Crippen LogP contribution in [0.2, 0.25) is 0 Å². The molecule has 0 bridgehead atoms. The van der Waals surface area contributed by atoms with Crippen LogP contribution in [0.15, 0.2) is 34.9 Å². The van der Waals surface area contributed by atoms with Crippen molar-refractivity contribution in [3.8, 4) is 0 Å². The Kier molecular flexibility index (Phi) is 4.00. The second kappa shape index (κ2) is 6.32. The molecule has 1 amide bonds. The molecule has 1 saturated carbocycles. The number of amides is 1. The van der Waals surface area contributed by atoms with E-state index in [2.05, 4.69) is 46.9 Å². The standard InChI is InChI=1S/C16H16BrN7O/c1-9(25)19-11-3-2-4-12(7-11)20-15-22-14-13(17)8-18-24(14)16(23-15)21-10-5-6-10/h2-4,7-8,10H,5-6H2,1H3,(H,19,25)(H2,20,21,22,23). The Morgan fingerprint density at radius 1 is 1.28 bits per heavy atom. The molecule has 3 aromatic rings. The fourth-order valence-electron chi connectivity index (χ4n) is 2.42. The second-order valence-corrected chi connectivity index (χ2v) is 6.76. The van der Waals surface area contributed by atoms with E-state index in [1.165, 1.54) is 6.92 Å². The van der Waals surface area contributed by atoms with Crippen molar-refractivity contribution in [1.82, 2.24) is 19.6 Å². The van der Waals surface area contributed by atoms with Gasteiger partial charge in [0.25, 0.3) is 0 Å². The molecule has 2 aromatic heterocycles. The summed E-state index contributed by atoms with van der Waals surface area (Å²) in [5.41, 5.74) is 2.17. The lowest BCUT2D eigenvalue weighted by Crippen LogP contribution is -2.12. The Morgan fingerprint density at radius 3 is 2.84 bits per heavy atom. The Bertz CT molecular complexity index is 951. The van der Waals surface area contributed by atoms with Gasteiger partial charge in [-0.15, -0.1) is 0 Å². The SMILES string of the molecule is CC(=O)Nc1cccc(Nc2nc(NC3CC3)n3ncc(Br)c3n2)c1. The van der Waals surface area contributed by atoms with Crippen molar-refractivity contribution in [3.63, 3.8) is 0 Å². The highest BCUT2D eigenvalue weighted by molar-refractivity contribution is 9.10. The van der Waals surface area contributed by atoms with Gasteiger partial charge in [0.1, 0.15) is 0 Å². The fourth-order valence-corrected chi connectivity index (χ4v) is 2.77. The minimum absolute atomic E-state index is 0.117. The van der Waals surface area contributed by atoms with Gasteiger partial charge in [0.15, 0.2) is 5.65 Å². The summed E-state index contributed by atoms with van der Waals surface area (Å²) in [5.74, 6) is 0.990. The number of carbonyl (C=O) groups excluding carboxylic acids is 1. The number of anilines is 4. The van der Waals surface area contributed by atoms with Crippen molar-refractivity contribution in [2.75, 3.05) is 16.0 Å². The zero-order valence-corrected chi connectivity index (χ0v) is 15.0. The Labute approximate surface area is 152 Å². The molecule has 1 aliphatic carbocycles. The molecule has 0 unspecified atom stereocenters. The predicted octanol–water partition coefficient (Wildman–Crippen LogP) is 3.16. The maximum Gasteiger partial charge on any atom is 0.232 e. The van der Waals surface area contributed by atoms with Gasteiger partial charge in [-0.1, -0.05) is 6.07 Å². The first-order chi connectivity index (χ1) is 12.1. The van der Waals surface area contributed by atoms with Crippen molar-refractivity contribution >= 4 is 50.8 Å². The van der Waals surface area contributed by atoms with Crippen LogP contribution in [0.5, 0.6) is 0 Å². The summed E-state index contributed by atoms with van der Waals surface area (Å²) in [6.45, 7) is 1.48. The van der Waals surface area contributed by atoms with Crippen LogP contribution < -0.4 is 16.0 Å². The molecule has 2 heterocycles. The van der Waals surface area contributed by atoms with Crippen LogP contribution in [-0.4, -0.2) is 31.5 Å². The molecule has 9 heteroatoms. The summed E-state index contributed by atoms with van der Waals surface area (Å²) >= 11 is 3.46. The minimum Gasteiger partial charge on any atom is -0.351 e. The largest absolute Gasteiger partial charge is 0.351 e. The molecule has 1 aromatic carbocycles. The molecule has 0 spiro atoms. The first kappa shape index (κ1) is 15.8. The lowest BCUT2D eigenvalue weighted by molar-refractivity contribution is -0.114. The maximum absolute atomic E-state index is 11.2. The van der Waals surface area contributed by atoms with Gasteiger partial charge in [0, 0.05) is 24.3 Å². The topological polar surface area (TPSA) is 96.2 Å². The van der Waals surface area contributed by atoms with Gasteiger partial charge in [-0.3, -0.25) is 4.79 Å². The average molecular weight is 402 g/mol. The molecule has 8 nitrogen and oxygen atoms in total. The van der Waals surface area contributed by atoms with Crippen LogP contribution >= 0.6 is 15.9 Å². The number of hydrogen-bond donors (Lipinski definition) is 3. The predicted molar refractivity (Wildman–Crippen MR) is 99.2 cm³/mol. The Morgan fingerprint density at radius 2 is 2.08 bits per heavy atom. The number of fused-ring (bicyclic) bond motifs is 1. The van der Waals surface area contributed by atoms with Crippen molar-refractivity contribution in [2.45, 2.75) is 25.8 Å². The van der Waals surface area contributed by atoms with Gasteiger partial charge in [-0.25, -0.2) is 0 Å². The van der Waals surface area contributed by atoms with Crippen LogP contribution in [0.3, 0.4) is 0 Å². The van der Waals surface area contributed by atoms with E-state index in [4.69, 9.17) is 0 Å². The third-order valence-electron chi connectivity index (χ3n) is 3.67. The molecule has 4 rings (SSSR count). The van der Waals surface area contributed by atoms with Gasteiger partial charge in [0.2, 0.25) is 17.8 Å². The van der Waals surface area contributed by atoms with Crippen LogP contribution in [0.4, 0.5) is 23.3 Å².